The highest BCUT2D eigenvalue weighted by atomic mass is 32.1. The number of rotatable bonds is 12. The Morgan fingerprint density at radius 1 is 0.214 bits per heavy atom. The predicted octanol–water partition coefficient (Wildman–Crippen LogP) is 23.7. The van der Waals surface area contributed by atoms with Gasteiger partial charge in [-0.25, -0.2) is 0 Å². The summed E-state index contributed by atoms with van der Waals surface area (Å²) in [5.41, 5.74) is 18.0. The summed E-state index contributed by atoms with van der Waals surface area (Å²) in [4.78, 5) is 7.20. The summed E-state index contributed by atoms with van der Waals surface area (Å²) in [5, 5.41) is 7.31. The van der Waals surface area contributed by atoms with Gasteiger partial charge in [-0.3, -0.25) is 0 Å². The highest BCUT2D eigenvalue weighted by molar-refractivity contribution is 7.26. The molecule has 0 bridgehead atoms. The van der Waals surface area contributed by atoms with Crippen LogP contribution in [-0.2, 0) is 0 Å². The van der Waals surface area contributed by atoms with Crippen LogP contribution >= 0.6 is 22.7 Å². The maximum Gasteiger partial charge on any atom is 0.135 e. The highest BCUT2D eigenvalue weighted by Crippen LogP contribution is 2.49. The lowest BCUT2D eigenvalue weighted by Gasteiger charge is -2.33. The van der Waals surface area contributed by atoms with Crippen molar-refractivity contribution in [3.8, 4) is 33.4 Å². The van der Waals surface area contributed by atoms with Gasteiger partial charge in [-0.2, -0.15) is 0 Å². The molecule has 6 heteroatoms. The van der Waals surface area contributed by atoms with E-state index in [9.17, 15) is 0 Å². The van der Waals surface area contributed by atoms with E-state index in [0.717, 1.165) is 78.7 Å². The minimum Gasteiger partial charge on any atom is -0.456 e. The summed E-state index contributed by atoms with van der Waals surface area (Å²) in [6.45, 7) is 0. The van der Waals surface area contributed by atoms with Crippen molar-refractivity contribution in [2.24, 2.45) is 0 Å². The average Bonchev–Trinajstić information content (AvgIpc) is 4.46. The van der Waals surface area contributed by atoms with Gasteiger partial charge in [-0.15, -0.1) is 22.7 Å². The summed E-state index contributed by atoms with van der Waals surface area (Å²) in [6, 6.07) is 112. The van der Waals surface area contributed by atoms with Crippen LogP contribution in [0.5, 0.6) is 0 Å². The second kappa shape index (κ2) is 20.8. The molecule has 0 fully saturated rings. The first-order chi connectivity index (χ1) is 41.6. The number of furan rings is 1. The topological polar surface area (TPSA) is 22.9 Å². The van der Waals surface area contributed by atoms with Gasteiger partial charge in [0.15, 0.2) is 0 Å². The lowest BCUT2D eigenvalue weighted by Crippen LogP contribution is -2.16. The normalized spacial score (nSPS) is 11.6. The highest BCUT2D eigenvalue weighted by Gasteiger charge is 2.24. The van der Waals surface area contributed by atoms with Crippen molar-refractivity contribution in [3.05, 3.63) is 309 Å². The molecule has 3 heterocycles. The van der Waals surface area contributed by atoms with Gasteiger partial charge in [0.05, 0.1) is 17.1 Å². The van der Waals surface area contributed by atoms with Crippen LogP contribution in [0.3, 0.4) is 0 Å². The molecule has 0 radical (unpaired) electrons. The van der Waals surface area contributed by atoms with Gasteiger partial charge < -0.3 is 19.1 Å². The summed E-state index contributed by atoms with van der Waals surface area (Å²) < 4.78 is 11.7. The molecule has 16 aromatic rings. The largest absolute Gasteiger partial charge is 0.456 e. The van der Waals surface area contributed by atoms with Gasteiger partial charge in [0.25, 0.3) is 0 Å². The minimum absolute atomic E-state index is 0.846. The lowest BCUT2D eigenvalue weighted by atomic mass is 10.0. The fourth-order valence-electron chi connectivity index (χ4n) is 12.3. The molecular weight excluding hydrogens is 1060 g/mol. The Morgan fingerprint density at radius 3 is 1.07 bits per heavy atom. The van der Waals surface area contributed by atoms with E-state index in [1.54, 1.807) is 0 Å². The number of nitrogens with zero attached hydrogens (tertiary/aromatic N) is 3. The fourth-order valence-corrected chi connectivity index (χ4v) is 14.8. The molecular formula is C78H51N3OS2. The predicted molar refractivity (Wildman–Crippen MR) is 360 cm³/mol. The Kier molecular flexibility index (Phi) is 12.2. The van der Waals surface area contributed by atoms with Crippen molar-refractivity contribution in [1.29, 1.82) is 0 Å². The Balaban J connectivity index is 0.910. The van der Waals surface area contributed by atoms with Crippen LogP contribution in [0, 0.1) is 0 Å². The first-order valence-electron chi connectivity index (χ1n) is 28.4. The van der Waals surface area contributed by atoms with Gasteiger partial charge in [0, 0.05) is 85.2 Å². The minimum atomic E-state index is 0.846. The van der Waals surface area contributed by atoms with E-state index < -0.39 is 0 Å². The summed E-state index contributed by atoms with van der Waals surface area (Å²) in [7, 11) is 0. The molecule has 0 amide bonds. The summed E-state index contributed by atoms with van der Waals surface area (Å²) >= 11 is 3.73. The Bertz CT molecular complexity index is 4850. The first kappa shape index (κ1) is 49.3. The molecule has 13 aromatic carbocycles. The van der Waals surface area contributed by atoms with Crippen LogP contribution in [0.1, 0.15) is 0 Å². The fraction of sp³-hybridized carbons (Fsp3) is 0. The molecule has 0 atom stereocenters. The average molecular weight is 1110 g/mol. The zero-order valence-electron chi connectivity index (χ0n) is 45.5. The number of hydrogen-bond acceptors (Lipinski definition) is 6. The van der Waals surface area contributed by atoms with E-state index in [1.807, 2.05) is 28.7 Å². The van der Waals surface area contributed by atoms with E-state index >= 15 is 0 Å². The molecule has 0 aliphatic carbocycles. The number of thiophene rings is 2. The van der Waals surface area contributed by atoms with Gasteiger partial charge >= 0.3 is 0 Å². The standard InChI is InChI=1S/C78H51N3OS2/c1-4-18-52(19-5-1)53-34-40-60(41-35-53)81(61-46-47-74-72(51-61)67-24-10-13-31-73(67)82-74)64-49-62(79(56-20-6-2-7-21-56)58-42-36-54(37-43-58)65-27-16-29-70-68-25-11-14-32-75(68)83-77(65)70)48-63(50-64)80(57-22-8-3-9-23-57)59-44-38-55(39-45-59)66-28-17-30-71-69-26-12-15-33-76(69)84-78(66)71/h1-51H. The number of fused-ring (bicyclic) bond motifs is 9. The molecule has 0 unspecified atom stereocenters. The van der Waals surface area contributed by atoms with Crippen LogP contribution in [0.15, 0.2) is 314 Å². The SMILES string of the molecule is c1ccc(-c2ccc(N(c3cc(N(c4ccccc4)c4ccc(-c5cccc6c5sc5ccccc56)cc4)cc(N(c4ccccc4)c4ccc(-c5cccc6c5sc5ccccc56)cc4)c3)c3ccc4oc5ccccc5c4c3)cc2)cc1. The number of anilines is 9. The van der Waals surface area contributed by atoms with Gasteiger partial charge in [0.2, 0.25) is 0 Å². The van der Waals surface area contributed by atoms with Crippen molar-refractivity contribution in [1.82, 2.24) is 0 Å². The Labute approximate surface area is 494 Å². The van der Waals surface area contributed by atoms with E-state index in [1.165, 1.54) is 68.2 Å². The molecule has 3 aromatic heterocycles. The Morgan fingerprint density at radius 2 is 0.571 bits per heavy atom. The van der Waals surface area contributed by atoms with Gasteiger partial charge in [0.1, 0.15) is 11.2 Å². The molecule has 16 rings (SSSR count). The van der Waals surface area contributed by atoms with Gasteiger partial charge in [-0.1, -0.05) is 194 Å². The van der Waals surface area contributed by atoms with E-state index in [-0.39, 0.29) is 0 Å². The van der Waals surface area contributed by atoms with Crippen molar-refractivity contribution in [2.45, 2.75) is 0 Å². The Hall–Kier alpha value is -10.5. The zero-order chi connectivity index (χ0) is 55.5. The molecule has 0 spiro atoms. The van der Waals surface area contributed by atoms with E-state index in [2.05, 4.69) is 318 Å². The van der Waals surface area contributed by atoms with Crippen LogP contribution in [0.25, 0.3) is 95.7 Å². The van der Waals surface area contributed by atoms with Crippen LogP contribution in [0.4, 0.5) is 51.2 Å². The van der Waals surface area contributed by atoms with Gasteiger partial charge in [-0.05, 0) is 149 Å². The number of para-hydroxylation sites is 3. The van der Waals surface area contributed by atoms with Crippen LogP contribution in [-0.4, -0.2) is 0 Å². The third kappa shape index (κ3) is 8.75. The molecule has 0 aliphatic heterocycles. The smallest absolute Gasteiger partial charge is 0.135 e. The quantitative estimate of drug-likeness (QED) is 0.122. The van der Waals surface area contributed by atoms with Crippen LogP contribution in [0.2, 0.25) is 0 Å². The molecule has 0 N–H and O–H groups in total. The summed E-state index contributed by atoms with van der Waals surface area (Å²) in [6.07, 6.45) is 0. The molecule has 4 nitrogen and oxygen atoms in total. The maximum atomic E-state index is 6.47. The molecule has 0 saturated heterocycles. The third-order valence-electron chi connectivity index (χ3n) is 16.2. The third-order valence-corrected chi connectivity index (χ3v) is 18.7. The van der Waals surface area contributed by atoms with Crippen molar-refractivity contribution in [2.75, 3.05) is 14.7 Å². The monoisotopic (exact) mass is 1110 g/mol. The zero-order valence-corrected chi connectivity index (χ0v) is 47.1. The molecule has 84 heavy (non-hydrogen) atoms. The second-order valence-electron chi connectivity index (χ2n) is 21.2. The van der Waals surface area contributed by atoms with Crippen molar-refractivity contribution in [3.63, 3.8) is 0 Å². The summed E-state index contributed by atoms with van der Waals surface area (Å²) in [5.74, 6) is 0. The van der Waals surface area contributed by atoms with Crippen molar-refractivity contribution >= 4 is 136 Å². The maximum absolute atomic E-state index is 6.47. The molecule has 396 valence electrons. The second-order valence-corrected chi connectivity index (χ2v) is 23.3. The number of hydrogen-bond donors (Lipinski definition) is 0. The lowest BCUT2D eigenvalue weighted by molar-refractivity contribution is 0.669. The van der Waals surface area contributed by atoms with E-state index in [4.69, 9.17) is 4.42 Å². The molecule has 0 saturated carbocycles. The van der Waals surface area contributed by atoms with E-state index in [0.29, 0.717) is 0 Å². The first-order valence-corrected chi connectivity index (χ1v) is 30.0. The van der Waals surface area contributed by atoms with Crippen molar-refractivity contribution < 1.29 is 4.42 Å². The van der Waals surface area contributed by atoms with Crippen LogP contribution < -0.4 is 14.7 Å². The molecule has 0 aliphatic rings. The number of benzene rings is 13.